The van der Waals surface area contributed by atoms with Gasteiger partial charge in [-0.05, 0) is 31.5 Å². The highest BCUT2D eigenvalue weighted by molar-refractivity contribution is 6.79. The van der Waals surface area contributed by atoms with E-state index >= 15 is 0 Å². The summed E-state index contributed by atoms with van der Waals surface area (Å²) in [4.78, 5) is 11.9. The maximum Gasteiger partial charge on any atom is 0.330 e. The van der Waals surface area contributed by atoms with Crippen molar-refractivity contribution >= 4 is 72.6 Å². The summed E-state index contributed by atoms with van der Waals surface area (Å²) in [7, 11) is -8.15. The number of carbonyl (C=O) groups is 1. The summed E-state index contributed by atoms with van der Waals surface area (Å²) in [6, 6.07) is 2.57. The van der Waals surface area contributed by atoms with Crippen molar-refractivity contribution in [2.75, 3.05) is 6.61 Å². The van der Waals surface area contributed by atoms with Crippen LogP contribution in [0.4, 0.5) is 0 Å². The summed E-state index contributed by atoms with van der Waals surface area (Å²) in [5, 5.41) is 33.5. The van der Waals surface area contributed by atoms with Crippen molar-refractivity contribution in [2.24, 2.45) is 0 Å². The van der Waals surface area contributed by atoms with Crippen molar-refractivity contribution in [2.45, 2.75) is 114 Å². The Morgan fingerprint density at radius 3 is 1.25 bits per heavy atom. The highest BCUT2D eigenvalue weighted by Gasteiger charge is 2.42. The zero-order valence-corrected chi connectivity index (χ0v) is 35.4. The van der Waals surface area contributed by atoms with Crippen molar-refractivity contribution in [3.8, 4) is 0 Å². The fourth-order valence-electron chi connectivity index (χ4n) is 4.73. The molecule has 0 aliphatic rings. The highest BCUT2D eigenvalue weighted by atomic mass is 28.3. The molecule has 238 valence electrons. The Labute approximate surface area is 256 Å². The minimum Gasteiger partial charge on any atom is -0.463 e. The van der Waals surface area contributed by atoms with Gasteiger partial charge in [-0.2, -0.15) is 0 Å². The standard InChI is InChI=1S/C22H56O11Si7/c1-8-10-19(23)27-14-9-15-40(16-11-20(24,28-34-2)29-35-3,17-12-21(25,30-36-4)31-37-5)18-13-22(26,32-38-6)33-39-7/h8,10,24-26H,9,11-18,34-39H2,1-7H3. The van der Waals surface area contributed by atoms with E-state index in [0.717, 1.165) is 6.04 Å². The lowest BCUT2D eigenvalue weighted by Crippen LogP contribution is -2.47. The Hall–Kier alpha value is 0.368. The van der Waals surface area contributed by atoms with Crippen LogP contribution >= 0.6 is 0 Å². The molecule has 0 spiro atoms. The molecule has 0 unspecified atom stereocenters. The Balaban J connectivity index is 6.26. The van der Waals surface area contributed by atoms with Gasteiger partial charge in [0.1, 0.15) is 0 Å². The van der Waals surface area contributed by atoms with Gasteiger partial charge in [0.05, 0.1) is 14.7 Å². The fourth-order valence-corrected chi connectivity index (χ4v) is 14.2. The molecule has 11 nitrogen and oxygen atoms in total. The minimum absolute atomic E-state index is 0.251. The van der Waals surface area contributed by atoms with Crippen molar-refractivity contribution < 1.29 is 51.4 Å². The van der Waals surface area contributed by atoms with Crippen molar-refractivity contribution in [3.05, 3.63) is 12.2 Å². The van der Waals surface area contributed by atoms with Crippen molar-refractivity contribution in [3.63, 3.8) is 0 Å². The molecule has 0 fully saturated rings. The molecule has 0 aliphatic heterocycles. The van der Waals surface area contributed by atoms with Gasteiger partial charge >= 0.3 is 5.97 Å². The first-order valence-electron chi connectivity index (χ1n) is 14.7. The van der Waals surface area contributed by atoms with Crippen LogP contribution < -0.4 is 0 Å². The molecule has 0 saturated carbocycles. The first-order chi connectivity index (χ1) is 18.9. The van der Waals surface area contributed by atoms with Crippen LogP contribution in [-0.2, 0) is 36.1 Å². The second kappa shape index (κ2) is 22.0. The van der Waals surface area contributed by atoms with E-state index in [1.54, 1.807) is 13.0 Å². The number of aliphatic hydroxyl groups is 3. The second-order valence-corrected chi connectivity index (χ2v) is 19.7. The molecule has 0 amide bonds. The van der Waals surface area contributed by atoms with Crippen LogP contribution in [0.3, 0.4) is 0 Å². The second-order valence-electron chi connectivity index (χ2n) is 9.51. The van der Waals surface area contributed by atoms with Crippen LogP contribution in [0.5, 0.6) is 0 Å². The molecular weight excluding hydrogens is 637 g/mol. The average molecular weight is 693 g/mol. The van der Waals surface area contributed by atoms with E-state index in [9.17, 15) is 20.1 Å². The van der Waals surface area contributed by atoms with Gasteiger partial charge in [-0.15, -0.1) is 0 Å². The first-order valence-corrected chi connectivity index (χ1v) is 29.5. The molecule has 40 heavy (non-hydrogen) atoms. The van der Waals surface area contributed by atoms with Gasteiger partial charge in [0.15, 0.2) is 58.6 Å². The maximum absolute atomic E-state index is 11.9. The number of rotatable bonds is 26. The summed E-state index contributed by atoms with van der Waals surface area (Å²) in [6.07, 6.45) is 4.50. The van der Waals surface area contributed by atoms with Crippen molar-refractivity contribution in [1.29, 1.82) is 0 Å². The molecule has 0 aromatic rings. The van der Waals surface area contributed by atoms with Crippen LogP contribution in [0.25, 0.3) is 0 Å². The molecule has 0 radical (unpaired) electrons. The molecule has 0 aromatic carbocycles. The molecule has 0 saturated heterocycles. The third kappa shape index (κ3) is 16.9. The predicted octanol–water partition coefficient (Wildman–Crippen LogP) is -1.06. The molecule has 0 aliphatic carbocycles. The quantitative estimate of drug-likeness (QED) is 0.0336. The van der Waals surface area contributed by atoms with E-state index in [-0.39, 0.29) is 31.8 Å². The van der Waals surface area contributed by atoms with Crippen LogP contribution in [0.2, 0.25) is 63.5 Å². The van der Waals surface area contributed by atoms with Gasteiger partial charge in [0.25, 0.3) is 17.9 Å². The number of hydrogen-bond donors (Lipinski definition) is 3. The lowest BCUT2D eigenvalue weighted by Gasteiger charge is -2.40. The molecule has 0 heterocycles. The van der Waals surface area contributed by atoms with Crippen LogP contribution in [0, 0.1) is 0 Å². The van der Waals surface area contributed by atoms with Gasteiger partial charge in [0, 0.05) is 25.3 Å². The zero-order chi connectivity index (χ0) is 30.5. The van der Waals surface area contributed by atoms with E-state index in [1.165, 1.54) is 6.08 Å². The van der Waals surface area contributed by atoms with E-state index in [2.05, 4.69) is 0 Å². The van der Waals surface area contributed by atoms with Gasteiger partial charge in [-0.1, -0.05) is 51.4 Å². The van der Waals surface area contributed by atoms with Gasteiger partial charge in [0.2, 0.25) is 0 Å². The van der Waals surface area contributed by atoms with Crippen LogP contribution in [0.1, 0.15) is 32.6 Å². The number of carbonyl (C=O) groups excluding carboxylic acids is 1. The fraction of sp³-hybridized carbons (Fsp3) is 0.864. The van der Waals surface area contributed by atoms with E-state index in [0.29, 0.717) is 24.6 Å². The molecule has 0 bridgehead atoms. The third-order valence-corrected chi connectivity index (χ3v) is 16.3. The topological polar surface area (TPSA) is 142 Å². The van der Waals surface area contributed by atoms with Gasteiger partial charge < -0.3 is 46.6 Å². The molecule has 0 rings (SSSR count). The first kappa shape index (κ1) is 40.4. The molecule has 0 atom stereocenters. The Kier molecular flexibility index (Phi) is 22.2. The highest BCUT2D eigenvalue weighted by Crippen LogP contribution is 2.38. The summed E-state index contributed by atoms with van der Waals surface area (Å²) in [5.41, 5.74) is 0. The number of ether oxygens (including phenoxy) is 1. The minimum atomic E-state index is -2.47. The number of hydrogen-bond acceptors (Lipinski definition) is 11. The Morgan fingerprint density at radius 2 is 0.975 bits per heavy atom. The number of allylic oxidation sites excluding steroid dienone is 1. The predicted molar refractivity (Wildman–Crippen MR) is 177 cm³/mol. The van der Waals surface area contributed by atoms with Crippen molar-refractivity contribution in [1.82, 2.24) is 0 Å². The van der Waals surface area contributed by atoms with Crippen LogP contribution in [-0.4, -0.2) is 112 Å². The maximum atomic E-state index is 11.9. The largest absolute Gasteiger partial charge is 0.463 e. The summed E-state index contributed by atoms with van der Waals surface area (Å²) in [5.74, 6) is -5.25. The smallest absolute Gasteiger partial charge is 0.330 e. The summed E-state index contributed by atoms with van der Waals surface area (Å²) in [6.45, 7) is 13.7. The van der Waals surface area contributed by atoms with E-state index in [1.807, 2.05) is 39.3 Å². The molecule has 18 heteroatoms. The normalized spacial score (nSPS) is 19.9. The van der Waals surface area contributed by atoms with Gasteiger partial charge in [-0.3, -0.25) is 0 Å². The zero-order valence-electron chi connectivity index (χ0n) is 25.9. The SMILES string of the molecule is CC=CC(=O)OCCC[Si](CCC(O)(O[SiH2]C)O[SiH2]C)(CCC(O)(O[SiH2]C)O[SiH2]C)CCC(O)(O[SiH2]C)O[SiH2]C. The van der Waals surface area contributed by atoms with Gasteiger partial charge in [-0.25, -0.2) is 4.79 Å². The van der Waals surface area contributed by atoms with Crippen LogP contribution in [0.15, 0.2) is 12.2 Å². The summed E-state index contributed by atoms with van der Waals surface area (Å²) >= 11 is 0. The molecular formula is C22H56O11Si7. The van der Waals surface area contributed by atoms with E-state index in [4.69, 9.17) is 31.3 Å². The average Bonchev–Trinajstić information content (AvgIpc) is 2.88. The summed E-state index contributed by atoms with van der Waals surface area (Å²) < 4.78 is 40.0. The molecule has 0 aromatic heterocycles. The lowest BCUT2D eigenvalue weighted by atomic mass is 10.4. The third-order valence-electron chi connectivity index (χ3n) is 6.53. The molecule has 3 N–H and O–H groups in total. The Morgan fingerprint density at radius 1 is 0.650 bits per heavy atom. The Bertz CT molecular complexity index is 623. The monoisotopic (exact) mass is 692 g/mol. The lowest BCUT2D eigenvalue weighted by molar-refractivity contribution is -0.276. The number of esters is 1. The van der Waals surface area contributed by atoms with E-state index < -0.39 is 84.6 Å².